The monoisotopic (exact) mass is 337 g/mol. The molecule has 0 spiro atoms. The smallest absolute Gasteiger partial charge is 0.338 e. The summed E-state index contributed by atoms with van der Waals surface area (Å²) >= 11 is 0. The van der Waals surface area contributed by atoms with Crippen molar-refractivity contribution in [2.75, 3.05) is 11.5 Å². The van der Waals surface area contributed by atoms with E-state index in [1.54, 1.807) is 31.2 Å². The van der Waals surface area contributed by atoms with Crippen LogP contribution in [0.4, 0.5) is 5.69 Å². The first-order chi connectivity index (χ1) is 12.1. The van der Waals surface area contributed by atoms with Crippen molar-refractivity contribution in [3.63, 3.8) is 0 Å². The van der Waals surface area contributed by atoms with Gasteiger partial charge in [0.05, 0.1) is 29.7 Å². The molecule has 5 nitrogen and oxygen atoms in total. The van der Waals surface area contributed by atoms with Gasteiger partial charge in [0.15, 0.2) is 0 Å². The lowest BCUT2D eigenvalue weighted by atomic mass is 9.63. The van der Waals surface area contributed by atoms with E-state index >= 15 is 0 Å². The summed E-state index contributed by atoms with van der Waals surface area (Å²) in [6, 6.07) is 6.55. The standard InChI is InChI=1S/C20H19NO4/c1-2-25-20(24)10-3-5-11(6-4-10)21-18(22)16-12-7-8-13(15-9-14(12)15)17(16)19(21)23/h3-8,12-17H,2,9H2,1H3/t12-,13-,14-,15-,16-,17+/m1/s1. The van der Waals surface area contributed by atoms with Gasteiger partial charge in [0, 0.05) is 0 Å². The molecule has 2 amide bonds. The SMILES string of the molecule is CCOC(=O)c1ccc(N2C(=O)[C@@H]3[C@@H]4C=C[C@H]([C@H]5C[C@H]45)[C@@H]3C2=O)cc1. The zero-order chi connectivity index (χ0) is 17.3. The topological polar surface area (TPSA) is 63.7 Å². The Morgan fingerprint density at radius 2 is 1.60 bits per heavy atom. The normalized spacial score (nSPS) is 37.1. The van der Waals surface area contributed by atoms with Crippen LogP contribution in [0.5, 0.6) is 0 Å². The number of anilines is 1. The third-order valence-electron chi connectivity index (χ3n) is 6.30. The predicted molar refractivity (Wildman–Crippen MR) is 89.6 cm³/mol. The molecule has 0 unspecified atom stereocenters. The number of carbonyl (C=O) groups is 3. The molecule has 2 bridgehead atoms. The Morgan fingerprint density at radius 1 is 1.04 bits per heavy atom. The Hall–Kier alpha value is -2.43. The summed E-state index contributed by atoms with van der Waals surface area (Å²) in [5.74, 6) is 0.682. The molecule has 0 aromatic heterocycles. The minimum atomic E-state index is -0.399. The van der Waals surface area contributed by atoms with Gasteiger partial charge in [-0.05, 0) is 61.3 Å². The summed E-state index contributed by atoms with van der Waals surface area (Å²) in [5, 5.41) is 0. The van der Waals surface area contributed by atoms with Crippen LogP contribution in [0.2, 0.25) is 0 Å². The molecule has 1 aliphatic heterocycles. The molecule has 2 saturated carbocycles. The van der Waals surface area contributed by atoms with Gasteiger partial charge < -0.3 is 4.74 Å². The van der Waals surface area contributed by atoms with E-state index in [0.29, 0.717) is 29.7 Å². The number of ether oxygens (including phenoxy) is 1. The molecule has 4 aliphatic carbocycles. The molecular weight excluding hydrogens is 318 g/mol. The molecule has 1 aromatic rings. The Balaban J connectivity index is 1.45. The maximum atomic E-state index is 13.0. The van der Waals surface area contributed by atoms with Crippen molar-refractivity contribution in [3.8, 4) is 0 Å². The molecule has 6 rings (SSSR count). The number of imide groups is 1. The Morgan fingerprint density at radius 3 is 2.12 bits per heavy atom. The molecular formula is C20H19NO4. The molecule has 6 atom stereocenters. The first kappa shape index (κ1) is 14.9. The zero-order valence-electron chi connectivity index (χ0n) is 13.9. The number of nitrogens with zero attached hydrogens (tertiary/aromatic N) is 1. The van der Waals surface area contributed by atoms with Gasteiger partial charge in [-0.25, -0.2) is 4.79 Å². The molecule has 128 valence electrons. The van der Waals surface area contributed by atoms with Crippen molar-refractivity contribution >= 4 is 23.5 Å². The number of amides is 2. The number of hydrogen-bond donors (Lipinski definition) is 0. The van der Waals surface area contributed by atoms with Crippen molar-refractivity contribution < 1.29 is 19.1 Å². The van der Waals surface area contributed by atoms with Gasteiger partial charge >= 0.3 is 5.97 Å². The van der Waals surface area contributed by atoms with E-state index in [1.807, 2.05) is 0 Å². The lowest BCUT2D eigenvalue weighted by Gasteiger charge is -2.37. The lowest BCUT2D eigenvalue weighted by Crippen LogP contribution is -2.40. The van der Waals surface area contributed by atoms with Gasteiger partial charge in [0.1, 0.15) is 0 Å². The highest BCUT2D eigenvalue weighted by Crippen LogP contribution is 2.65. The fraction of sp³-hybridized carbons (Fsp3) is 0.450. The van der Waals surface area contributed by atoms with Crippen molar-refractivity contribution in [3.05, 3.63) is 42.0 Å². The molecule has 1 aromatic carbocycles. The van der Waals surface area contributed by atoms with Crippen LogP contribution in [-0.2, 0) is 14.3 Å². The minimum absolute atomic E-state index is 0.0800. The molecule has 0 radical (unpaired) electrons. The lowest BCUT2D eigenvalue weighted by molar-refractivity contribution is -0.124. The van der Waals surface area contributed by atoms with Gasteiger partial charge in [-0.1, -0.05) is 12.2 Å². The van der Waals surface area contributed by atoms with Crippen LogP contribution in [0.25, 0.3) is 0 Å². The van der Waals surface area contributed by atoms with Crippen LogP contribution in [-0.4, -0.2) is 24.4 Å². The predicted octanol–water partition coefficient (Wildman–Crippen LogP) is 2.42. The molecule has 25 heavy (non-hydrogen) atoms. The summed E-state index contributed by atoms with van der Waals surface area (Å²) in [6.45, 7) is 2.06. The second-order valence-corrected chi connectivity index (χ2v) is 7.43. The molecule has 0 N–H and O–H groups in total. The maximum Gasteiger partial charge on any atom is 0.338 e. The van der Waals surface area contributed by atoms with E-state index in [4.69, 9.17) is 4.74 Å². The van der Waals surface area contributed by atoms with E-state index in [9.17, 15) is 14.4 Å². The maximum absolute atomic E-state index is 13.0. The van der Waals surface area contributed by atoms with Crippen LogP contribution in [0, 0.1) is 35.5 Å². The van der Waals surface area contributed by atoms with Crippen molar-refractivity contribution in [2.24, 2.45) is 35.5 Å². The third kappa shape index (κ3) is 1.92. The van der Waals surface area contributed by atoms with Gasteiger partial charge in [-0.3, -0.25) is 14.5 Å². The summed E-state index contributed by atoms with van der Waals surface area (Å²) in [5.41, 5.74) is 0.968. The van der Waals surface area contributed by atoms with E-state index < -0.39 is 5.97 Å². The van der Waals surface area contributed by atoms with E-state index in [2.05, 4.69) is 12.2 Å². The third-order valence-corrected chi connectivity index (χ3v) is 6.30. The molecule has 1 saturated heterocycles. The highest BCUT2D eigenvalue weighted by atomic mass is 16.5. The first-order valence-electron chi connectivity index (χ1n) is 8.95. The van der Waals surface area contributed by atoms with Gasteiger partial charge in [-0.2, -0.15) is 0 Å². The van der Waals surface area contributed by atoms with Crippen molar-refractivity contribution in [2.45, 2.75) is 13.3 Å². The minimum Gasteiger partial charge on any atom is -0.462 e. The number of rotatable bonds is 3. The zero-order valence-corrected chi connectivity index (χ0v) is 13.9. The average molecular weight is 337 g/mol. The van der Waals surface area contributed by atoms with E-state index in [1.165, 1.54) is 4.90 Å². The number of hydrogen-bond acceptors (Lipinski definition) is 4. The fourth-order valence-electron chi connectivity index (χ4n) is 5.17. The molecule has 1 heterocycles. The Kier molecular flexibility index (Phi) is 3.00. The van der Waals surface area contributed by atoms with Gasteiger partial charge in [0.2, 0.25) is 11.8 Å². The van der Waals surface area contributed by atoms with Gasteiger partial charge in [0.25, 0.3) is 0 Å². The quantitative estimate of drug-likeness (QED) is 0.483. The first-order valence-corrected chi connectivity index (χ1v) is 8.95. The summed E-state index contributed by atoms with van der Waals surface area (Å²) in [4.78, 5) is 39.1. The molecule has 5 aliphatic rings. The largest absolute Gasteiger partial charge is 0.462 e. The van der Waals surface area contributed by atoms with Crippen molar-refractivity contribution in [1.29, 1.82) is 0 Å². The van der Waals surface area contributed by atoms with Crippen LogP contribution in [0.3, 0.4) is 0 Å². The highest BCUT2D eigenvalue weighted by Gasteiger charge is 2.67. The van der Waals surface area contributed by atoms with Crippen molar-refractivity contribution in [1.82, 2.24) is 0 Å². The summed E-state index contributed by atoms with van der Waals surface area (Å²) < 4.78 is 4.97. The van der Waals surface area contributed by atoms with Crippen LogP contribution >= 0.6 is 0 Å². The second kappa shape index (κ2) is 5.04. The summed E-state index contributed by atoms with van der Waals surface area (Å²) in [7, 11) is 0. The van der Waals surface area contributed by atoms with Crippen LogP contribution in [0.15, 0.2) is 36.4 Å². The van der Waals surface area contributed by atoms with Crippen LogP contribution in [0.1, 0.15) is 23.7 Å². The highest BCUT2D eigenvalue weighted by molar-refractivity contribution is 6.22. The number of carbonyl (C=O) groups excluding carboxylic acids is 3. The molecule has 3 fully saturated rings. The average Bonchev–Trinajstić information content (AvgIpc) is 3.40. The van der Waals surface area contributed by atoms with Gasteiger partial charge in [-0.15, -0.1) is 0 Å². The van der Waals surface area contributed by atoms with E-state index in [0.717, 1.165) is 6.42 Å². The second-order valence-electron chi connectivity index (χ2n) is 7.43. The van der Waals surface area contributed by atoms with Crippen LogP contribution < -0.4 is 4.90 Å². The number of esters is 1. The number of benzene rings is 1. The number of allylic oxidation sites excluding steroid dienone is 2. The Labute approximate surface area is 145 Å². The summed E-state index contributed by atoms with van der Waals surface area (Å²) in [6.07, 6.45) is 5.49. The fourth-order valence-corrected chi connectivity index (χ4v) is 5.17. The Bertz CT molecular complexity index is 775. The van der Waals surface area contributed by atoms with E-state index in [-0.39, 0.29) is 35.5 Å². The molecule has 5 heteroatoms.